The second-order valence-electron chi connectivity index (χ2n) is 4.92. The molecule has 0 unspecified atom stereocenters. The van der Waals surface area contributed by atoms with Crippen LogP contribution in [-0.4, -0.2) is 5.78 Å². The lowest BCUT2D eigenvalue weighted by atomic mass is 10.0. The molecule has 0 aliphatic heterocycles. The highest BCUT2D eigenvalue weighted by Crippen LogP contribution is 2.20. The number of carbonyl (C=O) groups excluding carboxylic acids is 1. The molecule has 0 saturated heterocycles. The molecule has 0 fully saturated rings. The number of hydrogen-bond donors (Lipinski definition) is 0. The Kier molecular flexibility index (Phi) is 7.73. The molecular formula is C16H22ClFO. The maximum atomic E-state index is 12.9. The van der Waals surface area contributed by atoms with Gasteiger partial charge in [0.15, 0.2) is 5.78 Å². The average Bonchev–Trinajstić information content (AvgIpc) is 2.37. The van der Waals surface area contributed by atoms with Crippen molar-refractivity contribution in [3.8, 4) is 0 Å². The molecule has 0 radical (unpaired) electrons. The molecule has 0 heterocycles. The first kappa shape index (κ1) is 16.2. The molecule has 0 aromatic heterocycles. The van der Waals surface area contributed by atoms with Crippen molar-refractivity contribution < 1.29 is 9.18 Å². The molecule has 1 rings (SSSR count). The van der Waals surface area contributed by atoms with Crippen LogP contribution in [-0.2, 0) is 0 Å². The predicted molar refractivity (Wildman–Crippen MR) is 78.4 cm³/mol. The van der Waals surface area contributed by atoms with Gasteiger partial charge in [-0.3, -0.25) is 4.79 Å². The van der Waals surface area contributed by atoms with Gasteiger partial charge in [0.05, 0.1) is 5.02 Å². The highest BCUT2D eigenvalue weighted by molar-refractivity contribution is 6.33. The largest absolute Gasteiger partial charge is 0.294 e. The first-order valence-corrected chi connectivity index (χ1v) is 7.51. The summed E-state index contributed by atoms with van der Waals surface area (Å²) in [4.78, 5) is 11.9. The van der Waals surface area contributed by atoms with E-state index in [1.54, 1.807) is 0 Å². The van der Waals surface area contributed by atoms with E-state index in [-0.39, 0.29) is 10.8 Å². The Morgan fingerprint density at radius 1 is 1.11 bits per heavy atom. The molecule has 0 amide bonds. The fourth-order valence-corrected chi connectivity index (χ4v) is 2.37. The molecule has 0 aliphatic rings. The zero-order valence-corrected chi connectivity index (χ0v) is 12.3. The zero-order valence-electron chi connectivity index (χ0n) is 11.6. The lowest BCUT2D eigenvalue weighted by Crippen LogP contribution is -2.00. The molecule has 1 aromatic rings. The van der Waals surface area contributed by atoms with E-state index in [1.807, 2.05) is 0 Å². The van der Waals surface area contributed by atoms with E-state index < -0.39 is 5.82 Å². The molecular weight excluding hydrogens is 263 g/mol. The third kappa shape index (κ3) is 6.20. The van der Waals surface area contributed by atoms with Gasteiger partial charge in [-0.15, -0.1) is 0 Å². The Labute approximate surface area is 120 Å². The number of benzene rings is 1. The minimum absolute atomic E-state index is 0.0126. The molecule has 19 heavy (non-hydrogen) atoms. The molecule has 106 valence electrons. The van der Waals surface area contributed by atoms with E-state index in [9.17, 15) is 9.18 Å². The highest BCUT2D eigenvalue weighted by atomic mass is 35.5. The third-order valence-electron chi connectivity index (χ3n) is 3.24. The number of ketones is 1. The van der Waals surface area contributed by atoms with E-state index in [1.165, 1.54) is 50.3 Å². The van der Waals surface area contributed by atoms with E-state index in [0.717, 1.165) is 12.8 Å². The van der Waals surface area contributed by atoms with Crippen molar-refractivity contribution >= 4 is 17.4 Å². The van der Waals surface area contributed by atoms with Gasteiger partial charge in [0.2, 0.25) is 0 Å². The molecule has 1 nitrogen and oxygen atoms in total. The summed E-state index contributed by atoms with van der Waals surface area (Å²) in [6, 6.07) is 3.95. The van der Waals surface area contributed by atoms with Crippen LogP contribution < -0.4 is 0 Å². The van der Waals surface area contributed by atoms with Crippen LogP contribution in [0.5, 0.6) is 0 Å². The molecule has 0 spiro atoms. The van der Waals surface area contributed by atoms with Crippen LogP contribution in [0.3, 0.4) is 0 Å². The third-order valence-corrected chi connectivity index (χ3v) is 3.55. The summed E-state index contributed by atoms with van der Waals surface area (Å²) in [5, 5.41) is 0.216. The summed E-state index contributed by atoms with van der Waals surface area (Å²) in [6.07, 6.45) is 8.73. The predicted octanol–water partition coefficient (Wildman–Crippen LogP) is 5.80. The monoisotopic (exact) mass is 284 g/mol. The van der Waals surface area contributed by atoms with E-state index >= 15 is 0 Å². The average molecular weight is 285 g/mol. The summed E-state index contributed by atoms with van der Waals surface area (Å²) in [6.45, 7) is 2.20. The minimum atomic E-state index is -0.405. The van der Waals surface area contributed by atoms with Crippen LogP contribution in [0, 0.1) is 5.82 Å². The molecule has 0 bridgehead atoms. The Balaban J connectivity index is 2.24. The van der Waals surface area contributed by atoms with Crippen LogP contribution in [0.15, 0.2) is 18.2 Å². The van der Waals surface area contributed by atoms with Crippen LogP contribution in [0.25, 0.3) is 0 Å². The van der Waals surface area contributed by atoms with Crippen LogP contribution in [0.2, 0.25) is 5.02 Å². The van der Waals surface area contributed by atoms with Gasteiger partial charge < -0.3 is 0 Å². The quantitative estimate of drug-likeness (QED) is 0.413. The van der Waals surface area contributed by atoms with Gasteiger partial charge in [-0.05, 0) is 24.6 Å². The maximum absolute atomic E-state index is 12.9. The number of carbonyl (C=O) groups is 1. The molecule has 0 N–H and O–H groups in total. The first-order chi connectivity index (χ1) is 9.15. The number of Topliss-reactive ketones (excluding diaryl/α,β-unsaturated/α-hetero) is 1. The van der Waals surface area contributed by atoms with Crippen LogP contribution in [0.1, 0.15) is 68.6 Å². The van der Waals surface area contributed by atoms with Gasteiger partial charge >= 0.3 is 0 Å². The van der Waals surface area contributed by atoms with Crippen molar-refractivity contribution in [2.24, 2.45) is 0 Å². The summed E-state index contributed by atoms with van der Waals surface area (Å²) >= 11 is 5.86. The zero-order chi connectivity index (χ0) is 14.1. The fraction of sp³-hybridized carbons (Fsp3) is 0.562. The highest BCUT2D eigenvalue weighted by Gasteiger charge is 2.10. The molecule has 3 heteroatoms. The SMILES string of the molecule is CCCCCCCCCC(=O)c1ccc(F)cc1Cl. The minimum Gasteiger partial charge on any atom is -0.294 e. The van der Waals surface area contributed by atoms with E-state index in [4.69, 9.17) is 11.6 Å². The summed E-state index contributed by atoms with van der Waals surface area (Å²) in [5.41, 5.74) is 0.439. The first-order valence-electron chi connectivity index (χ1n) is 7.13. The molecule has 0 saturated carbocycles. The number of hydrogen-bond acceptors (Lipinski definition) is 1. The summed E-state index contributed by atoms with van der Waals surface area (Å²) in [5.74, 6) is -0.393. The van der Waals surface area contributed by atoms with Crippen molar-refractivity contribution in [1.29, 1.82) is 0 Å². The number of rotatable bonds is 9. The number of unbranched alkanes of at least 4 members (excludes halogenated alkanes) is 6. The summed E-state index contributed by atoms with van der Waals surface area (Å²) in [7, 11) is 0. The molecule has 1 aromatic carbocycles. The van der Waals surface area contributed by atoms with Gasteiger partial charge in [0.25, 0.3) is 0 Å². The lowest BCUT2D eigenvalue weighted by Gasteiger charge is -2.04. The standard InChI is InChI=1S/C16H22ClFO/c1-2-3-4-5-6-7-8-9-16(19)14-11-10-13(18)12-15(14)17/h10-12H,2-9H2,1H3. The molecule has 0 atom stereocenters. The van der Waals surface area contributed by atoms with E-state index in [0.29, 0.717) is 12.0 Å². The Morgan fingerprint density at radius 3 is 2.37 bits per heavy atom. The smallest absolute Gasteiger partial charge is 0.164 e. The fourth-order valence-electron chi connectivity index (χ4n) is 2.09. The van der Waals surface area contributed by atoms with Crippen molar-refractivity contribution in [3.63, 3.8) is 0 Å². The van der Waals surface area contributed by atoms with Crippen LogP contribution >= 0.6 is 11.6 Å². The Bertz CT molecular complexity index is 404. The van der Waals surface area contributed by atoms with Gasteiger partial charge in [0.1, 0.15) is 5.82 Å². The van der Waals surface area contributed by atoms with E-state index in [2.05, 4.69) is 6.92 Å². The second kappa shape index (κ2) is 9.08. The van der Waals surface area contributed by atoms with Crippen LogP contribution in [0.4, 0.5) is 4.39 Å². The van der Waals surface area contributed by atoms with Crippen molar-refractivity contribution in [3.05, 3.63) is 34.6 Å². The normalized spacial score (nSPS) is 10.7. The van der Waals surface area contributed by atoms with Gasteiger partial charge in [-0.25, -0.2) is 4.39 Å². The Hall–Kier alpha value is -0.890. The second-order valence-corrected chi connectivity index (χ2v) is 5.33. The Morgan fingerprint density at radius 2 is 1.74 bits per heavy atom. The topological polar surface area (TPSA) is 17.1 Å². The molecule has 0 aliphatic carbocycles. The van der Waals surface area contributed by atoms with Crippen molar-refractivity contribution in [2.75, 3.05) is 0 Å². The van der Waals surface area contributed by atoms with Gasteiger partial charge in [0, 0.05) is 12.0 Å². The summed E-state index contributed by atoms with van der Waals surface area (Å²) < 4.78 is 12.9. The van der Waals surface area contributed by atoms with Crippen molar-refractivity contribution in [2.45, 2.75) is 58.3 Å². The van der Waals surface area contributed by atoms with Gasteiger partial charge in [-0.2, -0.15) is 0 Å². The van der Waals surface area contributed by atoms with Crippen molar-refractivity contribution in [1.82, 2.24) is 0 Å². The maximum Gasteiger partial charge on any atom is 0.164 e. The lowest BCUT2D eigenvalue weighted by molar-refractivity contribution is 0.0979. The van der Waals surface area contributed by atoms with Gasteiger partial charge in [-0.1, -0.05) is 57.0 Å². The number of halogens is 2.